The third-order valence-corrected chi connectivity index (χ3v) is 2.22. The zero-order chi connectivity index (χ0) is 11.4. The van der Waals surface area contributed by atoms with Crippen molar-refractivity contribution in [2.45, 2.75) is 6.54 Å². The first kappa shape index (κ1) is 10.4. The highest BCUT2D eigenvalue weighted by Crippen LogP contribution is 2.04. The molecule has 0 radical (unpaired) electrons. The predicted octanol–water partition coefficient (Wildman–Crippen LogP) is 0.728. The summed E-state index contributed by atoms with van der Waals surface area (Å²) in [6, 6.07) is 5.53. The molecule has 0 aliphatic heterocycles. The Morgan fingerprint density at radius 1 is 1.38 bits per heavy atom. The molecule has 2 aromatic heterocycles. The molecule has 2 aromatic rings. The molecule has 0 spiro atoms. The number of rotatable bonds is 3. The molecular formula is C11H12N4O. The Bertz CT molecular complexity index is 518. The van der Waals surface area contributed by atoms with E-state index in [1.807, 2.05) is 19.2 Å². The summed E-state index contributed by atoms with van der Waals surface area (Å²) in [7, 11) is 1.81. The fourth-order valence-corrected chi connectivity index (χ4v) is 1.37. The first-order chi connectivity index (χ1) is 7.79. The standard InChI is InChI=1S/C11H12N4O/c1-12-10-4-3-9(7-14-10)8-15-6-2-5-13-11(15)16/h2-7H,8H2,1H3,(H,12,14). The van der Waals surface area contributed by atoms with Gasteiger partial charge in [-0.3, -0.25) is 4.57 Å². The van der Waals surface area contributed by atoms with Gasteiger partial charge in [0.05, 0.1) is 6.54 Å². The molecule has 16 heavy (non-hydrogen) atoms. The number of nitrogens with one attached hydrogen (secondary N) is 1. The van der Waals surface area contributed by atoms with Crippen molar-refractivity contribution >= 4 is 5.82 Å². The summed E-state index contributed by atoms with van der Waals surface area (Å²) in [6.07, 6.45) is 4.94. The normalized spacial score (nSPS) is 10.1. The van der Waals surface area contributed by atoms with E-state index in [1.165, 1.54) is 10.8 Å². The highest BCUT2D eigenvalue weighted by atomic mass is 16.1. The SMILES string of the molecule is CNc1ccc(Cn2cccnc2=O)cn1. The average Bonchev–Trinajstić information content (AvgIpc) is 2.33. The van der Waals surface area contributed by atoms with E-state index in [-0.39, 0.29) is 5.69 Å². The number of nitrogens with zero attached hydrogens (tertiary/aromatic N) is 3. The number of anilines is 1. The number of hydrogen-bond acceptors (Lipinski definition) is 4. The lowest BCUT2D eigenvalue weighted by atomic mass is 10.3. The summed E-state index contributed by atoms with van der Waals surface area (Å²) in [4.78, 5) is 19.2. The maximum absolute atomic E-state index is 11.4. The smallest absolute Gasteiger partial charge is 0.347 e. The number of aromatic nitrogens is 3. The maximum Gasteiger partial charge on any atom is 0.347 e. The Balaban J connectivity index is 2.21. The molecule has 0 saturated carbocycles. The number of pyridine rings is 1. The van der Waals surface area contributed by atoms with E-state index >= 15 is 0 Å². The van der Waals surface area contributed by atoms with Crippen LogP contribution in [0.15, 0.2) is 41.6 Å². The van der Waals surface area contributed by atoms with Crippen molar-refractivity contribution in [3.63, 3.8) is 0 Å². The van der Waals surface area contributed by atoms with Gasteiger partial charge in [0.1, 0.15) is 5.82 Å². The summed E-state index contributed by atoms with van der Waals surface area (Å²) < 4.78 is 1.54. The van der Waals surface area contributed by atoms with E-state index in [0.29, 0.717) is 6.54 Å². The third-order valence-electron chi connectivity index (χ3n) is 2.22. The second-order valence-electron chi connectivity index (χ2n) is 3.33. The predicted molar refractivity (Wildman–Crippen MR) is 61.4 cm³/mol. The molecule has 0 fully saturated rings. The summed E-state index contributed by atoms with van der Waals surface area (Å²) in [5, 5.41) is 2.94. The molecule has 82 valence electrons. The molecule has 0 aliphatic carbocycles. The van der Waals surface area contributed by atoms with Crippen LogP contribution in [-0.2, 0) is 6.54 Å². The van der Waals surface area contributed by atoms with E-state index in [2.05, 4.69) is 15.3 Å². The van der Waals surface area contributed by atoms with Gasteiger partial charge in [-0.25, -0.2) is 14.8 Å². The van der Waals surface area contributed by atoms with Gasteiger partial charge in [-0.1, -0.05) is 6.07 Å². The van der Waals surface area contributed by atoms with Crippen LogP contribution in [0.2, 0.25) is 0 Å². The van der Waals surface area contributed by atoms with Crippen LogP contribution in [0.1, 0.15) is 5.56 Å². The average molecular weight is 216 g/mol. The summed E-state index contributed by atoms with van der Waals surface area (Å²) in [5.41, 5.74) is 0.717. The topological polar surface area (TPSA) is 59.8 Å². The van der Waals surface area contributed by atoms with Crippen LogP contribution in [0.4, 0.5) is 5.82 Å². The van der Waals surface area contributed by atoms with E-state index in [4.69, 9.17) is 0 Å². The molecule has 5 nitrogen and oxygen atoms in total. The van der Waals surface area contributed by atoms with Gasteiger partial charge in [-0.05, 0) is 17.7 Å². The molecule has 0 saturated heterocycles. The van der Waals surface area contributed by atoms with Crippen molar-refractivity contribution in [2.24, 2.45) is 0 Å². The van der Waals surface area contributed by atoms with Gasteiger partial charge in [0.25, 0.3) is 0 Å². The van der Waals surface area contributed by atoms with Crippen molar-refractivity contribution in [3.8, 4) is 0 Å². The van der Waals surface area contributed by atoms with Crippen LogP contribution < -0.4 is 11.0 Å². The second kappa shape index (κ2) is 4.57. The minimum absolute atomic E-state index is 0.250. The van der Waals surface area contributed by atoms with Gasteiger partial charge in [0, 0.05) is 25.6 Å². The lowest BCUT2D eigenvalue weighted by molar-refractivity contribution is 0.724. The number of hydrogen-bond donors (Lipinski definition) is 1. The highest BCUT2D eigenvalue weighted by molar-refractivity contribution is 5.34. The molecule has 0 unspecified atom stereocenters. The van der Waals surface area contributed by atoms with Crippen LogP contribution in [0.3, 0.4) is 0 Å². The van der Waals surface area contributed by atoms with Gasteiger partial charge in [0.15, 0.2) is 0 Å². The first-order valence-electron chi connectivity index (χ1n) is 4.94. The second-order valence-corrected chi connectivity index (χ2v) is 3.33. The maximum atomic E-state index is 11.4. The first-order valence-corrected chi connectivity index (χ1v) is 4.94. The Labute approximate surface area is 92.8 Å². The minimum Gasteiger partial charge on any atom is -0.373 e. The molecule has 0 aromatic carbocycles. The molecular weight excluding hydrogens is 204 g/mol. The quantitative estimate of drug-likeness (QED) is 0.821. The minimum atomic E-state index is -0.250. The van der Waals surface area contributed by atoms with Crippen molar-refractivity contribution < 1.29 is 0 Å². The molecule has 0 bridgehead atoms. The van der Waals surface area contributed by atoms with E-state index in [9.17, 15) is 4.79 Å². The molecule has 2 heterocycles. The van der Waals surface area contributed by atoms with Crippen molar-refractivity contribution in [1.82, 2.24) is 14.5 Å². The monoisotopic (exact) mass is 216 g/mol. The largest absolute Gasteiger partial charge is 0.373 e. The van der Waals surface area contributed by atoms with E-state index in [0.717, 1.165) is 11.4 Å². The van der Waals surface area contributed by atoms with Crippen LogP contribution in [0.5, 0.6) is 0 Å². The molecule has 0 aliphatic rings. The lowest BCUT2D eigenvalue weighted by Crippen LogP contribution is -2.21. The molecule has 5 heteroatoms. The Morgan fingerprint density at radius 3 is 2.88 bits per heavy atom. The van der Waals surface area contributed by atoms with Crippen LogP contribution in [0, 0.1) is 0 Å². The highest BCUT2D eigenvalue weighted by Gasteiger charge is 1.98. The van der Waals surface area contributed by atoms with Gasteiger partial charge in [-0.15, -0.1) is 0 Å². The Kier molecular flexibility index (Phi) is 2.95. The zero-order valence-electron chi connectivity index (χ0n) is 8.92. The molecule has 2 rings (SSSR count). The van der Waals surface area contributed by atoms with Crippen molar-refractivity contribution in [3.05, 3.63) is 52.8 Å². The Hall–Kier alpha value is -2.17. The van der Waals surface area contributed by atoms with E-state index in [1.54, 1.807) is 18.5 Å². The van der Waals surface area contributed by atoms with Crippen LogP contribution in [0.25, 0.3) is 0 Å². The Morgan fingerprint density at radius 2 is 2.25 bits per heavy atom. The van der Waals surface area contributed by atoms with E-state index < -0.39 is 0 Å². The fraction of sp³-hybridized carbons (Fsp3) is 0.182. The zero-order valence-corrected chi connectivity index (χ0v) is 8.92. The van der Waals surface area contributed by atoms with Crippen molar-refractivity contribution in [1.29, 1.82) is 0 Å². The molecule has 0 amide bonds. The summed E-state index contributed by atoms with van der Waals surface area (Å²) in [5.74, 6) is 0.808. The van der Waals surface area contributed by atoms with Crippen LogP contribution in [-0.4, -0.2) is 21.6 Å². The van der Waals surface area contributed by atoms with Gasteiger partial charge in [0.2, 0.25) is 0 Å². The van der Waals surface area contributed by atoms with Gasteiger partial charge >= 0.3 is 5.69 Å². The third kappa shape index (κ3) is 2.25. The van der Waals surface area contributed by atoms with Gasteiger partial charge in [-0.2, -0.15) is 0 Å². The molecule has 0 atom stereocenters. The lowest BCUT2D eigenvalue weighted by Gasteiger charge is -2.04. The fourth-order valence-electron chi connectivity index (χ4n) is 1.37. The summed E-state index contributed by atoms with van der Waals surface area (Å²) in [6.45, 7) is 0.490. The van der Waals surface area contributed by atoms with Crippen molar-refractivity contribution in [2.75, 3.05) is 12.4 Å². The molecule has 1 N–H and O–H groups in total. The van der Waals surface area contributed by atoms with Crippen LogP contribution >= 0.6 is 0 Å². The van der Waals surface area contributed by atoms with Gasteiger partial charge < -0.3 is 5.32 Å². The summed E-state index contributed by atoms with van der Waals surface area (Å²) >= 11 is 0.